The molecule has 1 N–H and O–H groups in total. The van der Waals surface area contributed by atoms with Gasteiger partial charge in [-0.05, 0) is 18.6 Å². The van der Waals surface area contributed by atoms with Gasteiger partial charge in [-0.1, -0.05) is 6.07 Å². The van der Waals surface area contributed by atoms with E-state index in [9.17, 15) is 9.90 Å². The number of pyridine rings is 1. The van der Waals surface area contributed by atoms with Gasteiger partial charge in [-0.2, -0.15) is 0 Å². The van der Waals surface area contributed by atoms with Crippen LogP contribution in [-0.4, -0.2) is 28.8 Å². The molecule has 0 spiro atoms. The first kappa shape index (κ1) is 10.7. The summed E-state index contributed by atoms with van der Waals surface area (Å²) >= 11 is 0. The van der Waals surface area contributed by atoms with E-state index in [4.69, 9.17) is 0 Å². The summed E-state index contributed by atoms with van der Waals surface area (Å²) in [6.07, 6.45) is 2.40. The van der Waals surface area contributed by atoms with E-state index in [0.29, 0.717) is 0 Å². The number of hydrogen-bond acceptors (Lipinski definition) is 4. The maximum Gasteiger partial charge on any atom is 0.335 e. The number of ether oxygens (including phenoxy) is 1. The highest BCUT2D eigenvalue weighted by atomic mass is 16.5. The molecular formula is C10H13NO3. The van der Waals surface area contributed by atoms with Crippen molar-refractivity contribution in [2.45, 2.75) is 19.4 Å². The molecule has 0 aromatic carbocycles. The van der Waals surface area contributed by atoms with E-state index in [1.807, 2.05) is 0 Å². The van der Waals surface area contributed by atoms with Gasteiger partial charge >= 0.3 is 5.97 Å². The lowest BCUT2D eigenvalue weighted by atomic mass is 10.1. The van der Waals surface area contributed by atoms with E-state index in [-0.39, 0.29) is 13.0 Å². The van der Waals surface area contributed by atoms with Crippen molar-refractivity contribution in [2.24, 2.45) is 0 Å². The van der Waals surface area contributed by atoms with Crippen molar-refractivity contribution in [3.63, 3.8) is 0 Å². The van der Waals surface area contributed by atoms with Crippen LogP contribution in [0.5, 0.6) is 0 Å². The van der Waals surface area contributed by atoms with E-state index < -0.39 is 12.1 Å². The van der Waals surface area contributed by atoms with Gasteiger partial charge < -0.3 is 9.84 Å². The summed E-state index contributed by atoms with van der Waals surface area (Å²) < 4.78 is 4.67. The zero-order valence-electron chi connectivity index (χ0n) is 8.01. The quantitative estimate of drug-likeness (QED) is 0.713. The van der Waals surface area contributed by atoms with Crippen LogP contribution in [0.25, 0.3) is 0 Å². The second kappa shape index (κ2) is 5.34. The number of carbonyl (C=O) groups is 1. The first-order chi connectivity index (χ1) is 6.74. The molecule has 1 aromatic rings. The number of aliphatic hydroxyl groups excluding tert-OH is 1. The fraction of sp³-hybridized carbons (Fsp3) is 0.400. The van der Waals surface area contributed by atoms with Crippen LogP contribution in [0, 0.1) is 0 Å². The molecule has 0 saturated carbocycles. The van der Waals surface area contributed by atoms with E-state index in [1.165, 1.54) is 0 Å². The first-order valence-electron chi connectivity index (χ1n) is 4.47. The van der Waals surface area contributed by atoms with E-state index in [0.717, 1.165) is 5.56 Å². The minimum Gasteiger partial charge on any atom is -0.464 e. The zero-order valence-corrected chi connectivity index (χ0v) is 8.01. The molecule has 1 rings (SSSR count). The normalized spacial score (nSPS) is 12.1. The van der Waals surface area contributed by atoms with Crippen LogP contribution in [0.2, 0.25) is 0 Å². The van der Waals surface area contributed by atoms with Gasteiger partial charge in [0.25, 0.3) is 0 Å². The Morgan fingerprint density at radius 3 is 3.07 bits per heavy atom. The molecule has 0 aliphatic heterocycles. The summed E-state index contributed by atoms with van der Waals surface area (Å²) in [5.41, 5.74) is 0.813. The van der Waals surface area contributed by atoms with E-state index >= 15 is 0 Å². The number of esters is 1. The summed E-state index contributed by atoms with van der Waals surface area (Å²) in [5.74, 6) is -0.587. The fourth-order valence-electron chi connectivity index (χ4n) is 1.06. The Bertz CT molecular complexity index is 287. The molecule has 4 nitrogen and oxygen atoms in total. The minimum atomic E-state index is -1.10. The topological polar surface area (TPSA) is 59.4 Å². The highest BCUT2D eigenvalue weighted by Crippen LogP contribution is 2.02. The monoisotopic (exact) mass is 195 g/mol. The predicted octanol–water partition coefficient (Wildman–Crippen LogP) is 0.548. The van der Waals surface area contributed by atoms with Crippen molar-refractivity contribution in [3.8, 4) is 0 Å². The number of carbonyl (C=O) groups excluding carboxylic acids is 1. The number of hydrogen-bond donors (Lipinski definition) is 1. The zero-order chi connectivity index (χ0) is 10.4. The average molecular weight is 195 g/mol. The van der Waals surface area contributed by atoms with Crippen LogP contribution in [0.4, 0.5) is 0 Å². The largest absolute Gasteiger partial charge is 0.464 e. The minimum absolute atomic E-state index is 0.243. The van der Waals surface area contributed by atoms with Crippen LogP contribution in [0.15, 0.2) is 24.5 Å². The molecule has 0 bridgehead atoms. The van der Waals surface area contributed by atoms with Gasteiger partial charge in [0.2, 0.25) is 0 Å². The van der Waals surface area contributed by atoms with Crippen LogP contribution >= 0.6 is 0 Å². The van der Waals surface area contributed by atoms with Crippen molar-refractivity contribution >= 4 is 5.97 Å². The van der Waals surface area contributed by atoms with Crippen LogP contribution in [0.1, 0.15) is 12.5 Å². The van der Waals surface area contributed by atoms with Gasteiger partial charge in [0.05, 0.1) is 6.61 Å². The van der Waals surface area contributed by atoms with Crippen LogP contribution in [-0.2, 0) is 16.0 Å². The Labute approximate surface area is 82.5 Å². The standard InChI is InChI=1S/C10H13NO3/c1-2-14-10(13)9(12)6-8-4-3-5-11-7-8/h3-5,7,9,12H,2,6H2,1H3. The highest BCUT2D eigenvalue weighted by molar-refractivity contribution is 5.74. The van der Waals surface area contributed by atoms with Crippen molar-refractivity contribution in [1.82, 2.24) is 4.98 Å². The predicted molar refractivity (Wildman–Crippen MR) is 50.6 cm³/mol. The third-order valence-electron chi connectivity index (χ3n) is 1.71. The molecule has 0 aliphatic rings. The van der Waals surface area contributed by atoms with Crippen molar-refractivity contribution in [3.05, 3.63) is 30.1 Å². The highest BCUT2D eigenvalue weighted by Gasteiger charge is 2.16. The maximum atomic E-state index is 11.1. The second-order valence-electron chi connectivity index (χ2n) is 2.83. The smallest absolute Gasteiger partial charge is 0.335 e. The maximum absolute atomic E-state index is 11.1. The van der Waals surface area contributed by atoms with Crippen molar-refractivity contribution in [1.29, 1.82) is 0 Å². The Kier molecular flexibility index (Phi) is 4.07. The summed E-state index contributed by atoms with van der Waals surface area (Å²) in [6, 6.07) is 3.56. The molecule has 14 heavy (non-hydrogen) atoms. The SMILES string of the molecule is CCOC(=O)C(O)Cc1cccnc1. The molecule has 0 saturated heterocycles. The second-order valence-corrected chi connectivity index (χ2v) is 2.83. The molecule has 0 amide bonds. The average Bonchev–Trinajstić information content (AvgIpc) is 2.19. The Balaban J connectivity index is 2.49. The third kappa shape index (κ3) is 3.14. The van der Waals surface area contributed by atoms with Gasteiger partial charge in [-0.15, -0.1) is 0 Å². The Morgan fingerprint density at radius 1 is 1.71 bits per heavy atom. The lowest BCUT2D eigenvalue weighted by Crippen LogP contribution is -2.25. The first-order valence-corrected chi connectivity index (χ1v) is 4.47. The number of aromatic nitrogens is 1. The number of rotatable bonds is 4. The molecule has 1 aromatic heterocycles. The number of aliphatic hydroxyl groups is 1. The lowest BCUT2D eigenvalue weighted by Gasteiger charge is -2.08. The molecule has 1 atom stereocenters. The van der Waals surface area contributed by atoms with Gasteiger partial charge in [0.15, 0.2) is 6.10 Å². The van der Waals surface area contributed by atoms with Crippen molar-refractivity contribution < 1.29 is 14.6 Å². The molecule has 0 radical (unpaired) electrons. The van der Waals surface area contributed by atoms with Gasteiger partial charge in [-0.3, -0.25) is 4.98 Å². The Morgan fingerprint density at radius 2 is 2.50 bits per heavy atom. The molecule has 4 heteroatoms. The van der Waals surface area contributed by atoms with E-state index in [2.05, 4.69) is 9.72 Å². The van der Waals surface area contributed by atoms with Gasteiger partial charge in [0, 0.05) is 18.8 Å². The summed E-state index contributed by atoms with van der Waals surface area (Å²) in [4.78, 5) is 14.9. The van der Waals surface area contributed by atoms with Gasteiger partial charge in [0.1, 0.15) is 0 Å². The Hall–Kier alpha value is -1.42. The molecule has 76 valence electrons. The van der Waals surface area contributed by atoms with Crippen molar-refractivity contribution in [2.75, 3.05) is 6.61 Å². The summed E-state index contributed by atoms with van der Waals surface area (Å²) in [5, 5.41) is 9.40. The lowest BCUT2D eigenvalue weighted by molar-refractivity contribution is -0.152. The number of nitrogens with zero attached hydrogens (tertiary/aromatic N) is 1. The van der Waals surface area contributed by atoms with E-state index in [1.54, 1.807) is 31.5 Å². The van der Waals surface area contributed by atoms with Gasteiger partial charge in [-0.25, -0.2) is 4.79 Å². The summed E-state index contributed by atoms with van der Waals surface area (Å²) in [7, 11) is 0. The molecule has 0 aliphatic carbocycles. The fourth-order valence-corrected chi connectivity index (χ4v) is 1.06. The molecule has 0 fully saturated rings. The molecule has 1 unspecified atom stereocenters. The molecular weight excluding hydrogens is 182 g/mol. The van der Waals surface area contributed by atoms with Crippen LogP contribution < -0.4 is 0 Å². The van der Waals surface area contributed by atoms with Crippen LogP contribution in [0.3, 0.4) is 0 Å². The molecule has 1 heterocycles. The third-order valence-corrected chi connectivity index (χ3v) is 1.71. The summed E-state index contributed by atoms with van der Waals surface area (Å²) in [6.45, 7) is 1.98.